The summed E-state index contributed by atoms with van der Waals surface area (Å²) in [5.74, 6) is 0.514. The van der Waals surface area contributed by atoms with Crippen LogP contribution in [0.3, 0.4) is 0 Å². The second-order valence-corrected chi connectivity index (χ2v) is 4.62. The fourth-order valence-corrected chi connectivity index (χ4v) is 1.85. The van der Waals surface area contributed by atoms with E-state index >= 15 is 0 Å². The average molecular weight is 246 g/mol. The molecular weight excluding hydrogens is 232 g/mol. The van der Waals surface area contributed by atoms with Gasteiger partial charge < -0.3 is 5.73 Å². The lowest BCUT2D eigenvalue weighted by Crippen LogP contribution is -2.01. The molecule has 0 bridgehead atoms. The van der Waals surface area contributed by atoms with Crippen LogP contribution in [0.15, 0.2) is 18.5 Å². The van der Waals surface area contributed by atoms with Gasteiger partial charge in [0, 0.05) is 6.20 Å². The summed E-state index contributed by atoms with van der Waals surface area (Å²) in [5.41, 5.74) is 7.63. The van der Waals surface area contributed by atoms with Gasteiger partial charge in [0.1, 0.15) is 17.4 Å². The van der Waals surface area contributed by atoms with Crippen molar-refractivity contribution in [2.45, 2.75) is 20.3 Å². The molecular formula is C12H14N4O2. The molecule has 2 aromatic heterocycles. The Morgan fingerprint density at radius 2 is 2.11 bits per heavy atom. The third kappa shape index (κ3) is 2.22. The van der Waals surface area contributed by atoms with Crippen molar-refractivity contribution in [3.05, 3.63) is 34.1 Å². The number of hydrogen-bond donors (Lipinski definition) is 1. The predicted molar refractivity (Wildman–Crippen MR) is 69.1 cm³/mol. The van der Waals surface area contributed by atoms with E-state index in [0.717, 1.165) is 12.0 Å². The number of rotatable bonds is 3. The van der Waals surface area contributed by atoms with Crippen LogP contribution < -0.4 is 5.73 Å². The van der Waals surface area contributed by atoms with E-state index < -0.39 is 4.92 Å². The SMILES string of the molecule is CC(C)Cc1cnc2c(N)c([N+](=O)[O-])cnc2c1. The van der Waals surface area contributed by atoms with Crippen LogP contribution >= 0.6 is 0 Å². The minimum atomic E-state index is -0.550. The molecule has 6 nitrogen and oxygen atoms in total. The van der Waals surface area contributed by atoms with Crippen LogP contribution in [0, 0.1) is 16.0 Å². The van der Waals surface area contributed by atoms with E-state index in [-0.39, 0.29) is 11.4 Å². The number of nitrogen functional groups attached to an aromatic ring is 1. The normalized spacial score (nSPS) is 11.1. The molecule has 0 aromatic carbocycles. The Bertz CT molecular complexity index is 610. The van der Waals surface area contributed by atoms with Gasteiger partial charge in [0.15, 0.2) is 0 Å². The average Bonchev–Trinajstić information content (AvgIpc) is 2.27. The lowest BCUT2D eigenvalue weighted by molar-refractivity contribution is -0.384. The highest BCUT2D eigenvalue weighted by Gasteiger charge is 2.16. The lowest BCUT2D eigenvalue weighted by Gasteiger charge is -2.06. The highest BCUT2D eigenvalue weighted by Crippen LogP contribution is 2.27. The highest BCUT2D eigenvalue weighted by atomic mass is 16.6. The molecule has 0 atom stereocenters. The highest BCUT2D eigenvalue weighted by molar-refractivity contribution is 5.91. The molecule has 2 aromatic rings. The summed E-state index contributed by atoms with van der Waals surface area (Å²) in [6.07, 6.45) is 3.77. The number of pyridine rings is 2. The Balaban J connectivity index is 2.54. The molecule has 0 saturated carbocycles. The van der Waals surface area contributed by atoms with Crippen molar-refractivity contribution in [1.82, 2.24) is 9.97 Å². The van der Waals surface area contributed by atoms with Crippen molar-refractivity contribution < 1.29 is 4.92 Å². The van der Waals surface area contributed by atoms with Crippen LogP contribution in [0.5, 0.6) is 0 Å². The van der Waals surface area contributed by atoms with Gasteiger partial charge in [-0.2, -0.15) is 0 Å². The molecule has 2 N–H and O–H groups in total. The van der Waals surface area contributed by atoms with Crippen molar-refractivity contribution in [2.24, 2.45) is 5.92 Å². The largest absolute Gasteiger partial charge is 0.391 e. The molecule has 0 aliphatic rings. The molecule has 0 aliphatic heterocycles. The van der Waals surface area contributed by atoms with Crippen LogP contribution in [0.2, 0.25) is 0 Å². The molecule has 0 aliphatic carbocycles. The summed E-state index contributed by atoms with van der Waals surface area (Å²) in [7, 11) is 0. The second-order valence-electron chi connectivity index (χ2n) is 4.62. The maximum atomic E-state index is 10.7. The predicted octanol–water partition coefficient (Wildman–Crippen LogP) is 2.32. The van der Waals surface area contributed by atoms with E-state index in [0.29, 0.717) is 17.0 Å². The summed E-state index contributed by atoms with van der Waals surface area (Å²) < 4.78 is 0. The fraction of sp³-hybridized carbons (Fsp3) is 0.333. The summed E-state index contributed by atoms with van der Waals surface area (Å²) in [6, 6.07) is 1.88. The van der Waals surface area contributed by atoms with Gasteiger partial charge in [-0.3, -0.25) is 15.1 Å². The Labute approximate surface area is 104 Å². The zero-order valence-electron chi connectivity index (χ0n) is 10.3. The maximum absolute atomic E-state index is 10.7. The molecule has 18 heavy (non-hydrogen) atoms. The standard InChI is InChI=1S/C12H14N4O2/c1-7(2)3-8-4-9-12(15-5-8)11(13)10(6-14-9)16(17)18/h4-7H,3H2,1-2H3,(H2,13,14). The molecule has 2 heterocycles. The molecule has 0 amide bonds. The van der Waals surface area contributed by atoms with Crippen molar-refractivity contribution in [3.63, 3.8) is 0 Å². The van der Waals surface area contributed by atoms with E-state index in [1.54, 1.807) is 6.20 Å². The lowest BCUT2D eigenvalue weighted by atomic mass is 10.0. The van der Waals surface area contributed by atoms with Gasteiger partial charge in [-0.15, -0.1) is 0 Å². The molecule has 94 valence electrons. The minimum absolute atomic E-state index is 0.0705. The first-order chi connectivity index (χ1) is 8.49. The monoisotopic (exact) mass is 246 g/mol. The Morgan fingerprint density at radius 3 is 2.72 bits per heavy atom. The Kier molecular flexibility index (Phi) is 3.10. The van der Waals surface area contributed by atoms with Crippen LogP contribution in [-0.4, -0.2) is 14.9 Å². The molecule has 0 spiro atoms. The zero-order valence-corrected chi connectivity index (χ0v) is 10.3. The Hall–Kier alpha value is -2.24. The molecule has 0 fully saturated rings. The first-order valence-electron chi connectivity index (χ1n) is 5.66. The van der Waals surface area contributed by atoms with Gasteiger partial charge >= 0.3 is 5.69 Å². The maximum Gasteiger partial charge on any atom is 0.312 e. The summed E-state index contributed by atoms with van der Waals surface area (Å²) >= 11 is 0. The van der Waals surface area contributed by atoms with Crippen LogP contribution in [0.1, 0.15) is 19.4 Å². The number of nitrogens with zero attached hydrogens (tertiary/aromatic N) is 3. The number of fused-ring (bicyclic) bond motifs is 1. The number of hydrogen-bond acceptors (Lipinski definition) is 5. The van der Waals surface area contributed by atoms with E-state index in [9.17, 15) is 10.1 Å². The summed E-state index contributed by atoms with van der Waals surface area (Å²) in [6.45, 7) is 4.23. The number of nitrogens with two attached hydrogens (primary N) is 1. The third-order valence-corrected chi connectivity index (χ3v) is 2.62. The van der Waals surface area contributed by atoms with Crippen molar-refractivity contribution >= 4 is 22.4 Å². The van der Waals surface area contributed by atoms with Crippen molar-refractivity contribution in [1.29, 1.82) is 0 Å². The van der Waals surface area contributed by atoms with Gasteiger partial charge in [0.2, 0.25) is 0 Å². The molecule has 0 unspecified atom stereocenters. The van der Waals surface area contributed by atoms with Crippen molar-refractivity contribution in [2.75, 3.05) is 5.73 Å². The fourth-order valence-electron chi connectivity index (χ4n) is 1.85. The minimum Gasteiger partial charge on any atom is -0.391 e. The number of aromatic nitrogens is 2. The smallest absolute Gasteiger partial charge is 0.312 e. The van der Waals surface area contributed by atoms with Crippen molar-refractivity contribution in [3.8, 4) is 0 Å². The first kappa shape index (κ1) is 12.2. The third-order valence-electron chi connectivity index (χ3n) is 2.62. The molecule has 6 heteroatoms. The van der Waals surface area contributed by atoms with E-state index in [1.165, 1.54) is 6.20 Å². The number of anilines is 1. The second kappa shape index (κ2) is 4.56. The van der Waals surface area contributed by atoms with Crippen LogP contribution in [0.25, 0.3) is 11.0 Å². The van der Waals surface area contributed by atoms with Gasteiger partial charge in [-0.1, -0.05) is 13.8 Å². The van der Waals surface area contributed by atoms with E-state index in [1.807, 2.05) is 6.07 Å². The van der Waals surface area contributed by atoms with Crippen LogP contribution in [-0.2, 0) is 6.42 Å². The summed E-state index contributed by atoms with van der Waals surface area (Å²) in [4.78, 5) is 18.4. The van der Waals surface area contributed by atoms with Gasteiger partial charge in [-0.05, 0) is 24.0 Å². The molecule has 2 rings (SSSR count). The first-order valence-corrected chi connectivity index (χ1v) is 5.66. The molecule has 0 radical (unpaired) electrons. The van der Waals surface area contributed by atoms with Crippen LogP contribution in [0.4, 0.5) is 11.4 Å². The molecule has 0 saturated heterocycles. The number of nitro groups is 1. The zero-order chi connectivity index (χ0) is 13.3. The van der Waals surface area contributed by atoms with Gasteiger partial charge in [0.05, 0.1) is 10.4 Å². The van der Waals surface area contributed by atoms with Gasteiger partial charge in [0.25, 0.3) is 0 Å². The van der Waals surface area contributed by atoms with E-state index in [2.05, 4.69) is 23.8 Å². The topological polar surface area (TPSA) is 94.9 Å². The van der Waals surface area contributed by atoms with Gasteiger partial charge in [-0.25, -0.2) is 4.98 Å². The van der Waals surface area contributed by atoms with E-state index in [4.69, 9.17) is 5.73 Å². The summed E-state index contributed by atoms with van der Waals surface area (Å²) in [5, 5.41) is 10.7. The quantitative estimate of drug-likeness (QED) is 0.662. The Morgan fingerprint density at radius 1 is 1.39 bits per heavy atom.